The van der Waals surface area contributed by atoms with Crippen LogP contribution in [0.4, 0.5) is 0 Å². The van der Waals surface area contributed by atoms with Gasteiger partial charge in [-0.25, -0.2) is 0 Å². The van der Waals surface area contributed by atoms with Crippen LogP contribution in [0.15, 0.2) is 18.2 Å². The Morgan fingerprint density at radius 2 is 1.82 bits per heavy atom. The molecule has 2 nitrogen and oxygen atoms in total. The minimum atomic E-state index is 0.0427. The zero-order chi connectivity index (χ0) is 12.3. The second-order valence-corrected chi connectivity index (χ2v) is 9.38. The number of fused-ring (bicyclic) bond motifs is 2. The third kappa shape index (κ3) is 3.90. The lowest BCUT2D eigenvalue weighted by atomic mass is 10.1. The standard InChI is InChI=1S/C12H16NOPS2/c1-8(2)13-12(14)11-4-9-3-10(5-11)7-17-15-16-6-9/h3-5,8,15H,6-7H2,1-2H3,(H,13,14). The highest BCUT2D eigenvalue weighted by Crippen LogP contribution is 2.47. The Bertz CT molecular complexity index is 399. The first kappa shape index (κ1) is 13.3. The Kier molecular flexibility index (Phi) is 4.78. The van der Waals surface area contributed by atoms with Gasteiger partial charge in [0.05, 0.1) is 0 Å². The highest BCUT2D eigenvalue weighted by molar-refractivity contribution is 8.81. The number of benzene rings is 1. The van der Waals surface area contributed by atoms with E-state index in [1.54, 1.807) is 0 Å². The molecule has 17 heavy (non-hydrogen) atoms. The molecule has 0 saturated heterocycles. The molecule has 1 aromatic carbocycles. The van der Waals surface area contributed by atoms with Gasteiger partial charge in [-0.15, -0.1) is 22.8 Å². The summed E-state index contributed by atoms with van der Waals surface area (Å²) in [7, 11) is 0. The van der Waals surface area contributed by atoms with Crippen LogP contribution >= 0.6 is 29.7 Å². The van der Waals surface area contributed by atoms with E-state index in [1.807, 2.05) is 48.7 Å². The van der Waals surface area contributed by atoms with Crippen LogP contribution in [0.25, 0.3) is 0 Å². The summed E-state index contributed by atoms with van der Waals surface area (Å²) < 4.78 is 0. The van der Waals surface area contributed by atoms with Gasteiger partial charge in [-0.1, -0.05) is 6.07 Å². The average Bonchev–Trinajstić information content (AvgIpc) is 2.25. The Balaban J connectivity index is 2.24. The minimum Gasteiger partial charge on any atom is -0.350 e. The fraction of sp³-hybridized carbons (Fsp3) is 0.417. The monoisotopic (exact) mass is 285 g/mol. The number of carbonyl (C=O) groups excluding carboxylic acids is 1. The Morgan fingerprint density at radius 3 is 2.35 bits per heavy atom. The van der Waals surface area contributed by atoms with Gasteiger partial charge in [0.2, 0.25) is 0 Å². The summed E-state index contributed by atoms with van der Waals surface area (Å²) in [6.45, 7) is 4.87. The van der Waals surface area contributed by atoms with Crippen molar-refractivity contribution < 1.29 is 4.79 Å². The molecule has 2 rings (SSSR count). The second kappa shape index (κ2) is 6.12. The largest absolute Gasteiger partial charge is 0.350 e. The normalized spacial score (nSPS) is 15.2. The van der Waals surface area contributed by atoms with Crippen molar-refractivity contribution in [3.8, 4) is 0 Å². The van der Waals surface area contributed by atoms with Crippen molar-refractivity contribution in [2.75, 3.05) is 0 Å². The molecule has 0 saturated carbocycles. The maximum atomic E-state index is 12.0. The SMILES string of the molecule is CC(C)NC(=O)c1cc2cc(c1)CSPSC2. The van der Waals surface area contributed by atoms with Gasteiger partial charge in [0, 0.05) is 23.1 Å². The van der Waals surface area contributed by atoms with Crippen molar-refractivity contribution in [1.29, 1.82) is 0 Å². The zero-order valence-corrected chi connectivity index (χ0v) is 12.6. The molecule has 0 radical (unpaired) electrons. The molecule has 0 spiro atoms. The molecule has 0 atom stereocenters. The van der Waals surface area contributed by atoms with Crippen molar-refractivity contribution in [3.63, 3.8) is 0 Å². The van der Waals surface area contributed by atoms with E-state index in [1.165, 1.54) is 11.1 Å². The van der Waals surface area contributed by atoms with E-state index in [9.17, 15) is 4.79 Å². The third-order valence-electron chi connectivity index (χ3n) is 2.33. The maximum Gasteiger partial charge on any atom is 0.251 e. The quantitative estimate of drug-likeness (QED) is 0.838. The molecule has 2 bridgehead atoms. The predicted octanol–water partition coefficient (Wildman–Crippen LogP) is 3.81. The van der Waals surface area contributed by atoms with E-state index in [-0.39, 0.29) is 11.9 Å². The van der Waals surface area contributed by atoms with Gasteiger partial charge in [-0.2, -0.15) is 0 Å². The van der Waals surface area contributed by atoms with Gasteiger partial charge >= 0.3 is 0 Å². The fourth-order valence-electron chi connectivity index (χ4n) is 1.67. The Labute approximate surface area is 112 Å². The lowest BCUT2D eigenvalue weighted by molar-refractivity contribution is 0.0943. The average molecular weight is 285 g/mol. The topological polar surface area (TPSA) is 29.1 Å². The third-order valence-corrected chi connectivity index (χ3v) is 7.22. The van der Waals surface area contributed by atoms with E-state index in [0.717, 1.165) is 24.1 Å². The van der Waals surface area contributed by atoms with Gasteiger partial charge in [0.25, 0.3) is 5.91 Å². The smallest absolute Gasteiger partial charge is 0.251 e. The predicted molar refractivity (Wildman–Crippen MR) is 79.9 cm³/mol. The van der Waals surface area contributed by atoms with Crippen LogP contribution < -0.4 is 5.32 Å². The Hall–Kier alpha value is -0.180. The minimum absolute atomic E-state index is 0.0427. The number of carbonyl (C=O) groups is 1. The number of hydrogen-bond acceptors (Lipinski definition) is 3. The van der Waals surface area contributed by atoms with Gasteiger partial charge in [0.1, 0.15) is 0 Å². The first-order chi connectivity index (χ1) is 8.15. The molecule has 1 heterocycles. The summed E-state index contributed by atoms with van der Waals surface area (Å²) in [4.78, 5) is 12.0. The first-order valence-corrected chi connectivity index (χ1v) is 9.99. The van der Waals surface area contributed by atoms with Crippen LogP contribution in [-0.2, 0) is 11.5 Å². The molecular formula is C12H16NOPS2. The lowest BCUT2D eigenvalue weighted by Gasteiger charge is -2.14. The van der Waals surface area contributed by atoms with Crippen molar-refractivity contribution >= 4 is 35.7 Å². The van der Waals surface area contributed by atoms with Gasteiger partial charge in [0.15, 0.2) is 0 Å². The summed E-state index contributed by atoms with van der Waals surface area (Å²) in [5.74, 6) is 2.07. The van der Waals surface area contributed by atoms with Crippen LogP contribution in [-0.4, -0.2) is 11.9 Å². The van der Waals surface area contributed by atoms with Gasteiger partial charge < -0.3 is 5.32 Å². The maximum absolute atomic E-state index is 12.0. The number of amides is 1. The van der Waals surface area contributed by atoms with Crippen molar-refractivity contribution in [2.24, 2.45) is 0 Å². The van der Waals surface area contributed by atoms with Crippen LogP contribution in [0.5, 0.6) is 0 Å². The molecule has 1 aliphatic rings. The number of nitrogens with one attached hydrogen (secondary N) is 1. The van der Waals surface area contributed by atoms with Crippen LogP contribution in [0, 0.1) is 0 Å². The summed E-state index contributed by atoms with van der Waals surface area (Å²) in [5.41, 5.74) is 3.35. The van der Waals surface area contributed by atoms with Crippen molar-refractivity contribution in [2.45, 2.75) is 31.4 Å². The van der Waals surface area contributed by atoms with E-state index in [0.29, 0.717) is 0 Å². The molecule has 5 heteroatoms. The highest BCUT2D eigenvalue weighted by atomic mass is 33.1. The first-order valence-electron chi connectivity index (χ1n) is 5.57. The van der Waals surface area contributed by atoms with E-state index in [4.69, 9.17) is 0 Å². The number of rotatable bonds is 2. The summed E-state index contributed by atoms with van der Waals surface area (Å²) in [5, 5.41) is 2.95. The lowest BCUT2D eigenvalue weighted by Crippen LogP contribution is -2.30. The molecule has 0 aromatic heterocycles. The summed E-state index contributed by atoms with van der Waals surface area (Å²) >= 11 is 3.89. The molecular weight excluding hydrogens is 269 g/mol. The molecule has 1 amide bonds. The molecule has 92 valence electrons. The molecule has 0 fully saturated rings. The van der Waals surface area contributed by atoms with Crippen LogP contribution in [0.3, 0.4) is 0 Å². The van der Waals surface area contributed by atoms with E-state index in [2.05, 4.69) is 11.4 Å². The number of hydrogen-bond donors (Lipinski definition) is 1. The van der Waals surface area contributed by atoms with E-state index < -0.39 is 0 Å². The van der Waals surface area contributed by atoms with Crippen molar-refractivity contribution in [3.05, 3.63) is 34.9 Å². The fourth-order valence-corrected chi connectivity index (χ4v) is 5.96. The van der Waals surface area contributed by atoms with E-state index >= 15 is 0 Å². The molecule has 0 unspecified atom stereocenters. The molecule has 1 aliphatic heterocycles. The van der Waals surface area contributed by atoms with Gasteiger partial charge in [-0.05, 0) is 44.1 Å². The Morgan fingerprint density at radius 1 is 1.24 bits per heavy atom. The van der Waals surface area contributed by atoms with Gasteiger partial charge in [-0.3, -0.25) is 4.79 Å². The highest BCUT2D eigenvalue weighted by Gasteiger charge is 2.11. The second-order valence-electron chi connectivity index (χ2n) is 4.33. The van der Waals surface area contributed by atoms with Crippen LogP contribution in [0.1, 0.15) is 35.3 Å². The summed E-state index contributed by atoms with van der Waals surface area (Å²) in [6, 6.07) is 6.45. The molecule has 1 N–H and O–H groups in total. The molecule has 1 aromatic rings. The van der Waals surface area contributed by atoms with Crippen LogP contribution in [0.2, 0.25) is 0 Å². The van der Waals surface area contributed by atoms with Crippen molar-refractivity contribution in [1.82, 2.24) is 5.32 Å². The zero-order valence-electron chi connectivity index (χ0n) is 9.95. The molecule has 0 aliphatic carbocycles. The summed E-state index contributed by atoms with van der Waals surface area (Å²) in [6.07, 6.45) is 0.